The van der Waals surface area contributed by atoms with Gasteiger partial charge in [0.2, 0.25) is 0 Å². The van der Waals surface area contributed by atoms with Crippen molar-refractivity contribution in [1.29, 1.82) is 0 Å². The molecule has 0 bridgehead atoms. The highest BCUT2D eigenvalue weighted by Gasteiger charge is 2.33. The molecule has 3 rings (SSSR count). The number of halogens is 3. The van der Waals surface area contributed by atoms with Gasteiger partial charge in [-0.3, -0.25) is 4.79 Å². The van der Waals surface area contributed by atoms with Crippen LogP contribution in [0.2, 0.25) is 0 Å². The van der Waals surface area contributed by atoms with Gasteiger partial charge in [-0.25, -0.2) is 14.6 Å². The Kier molecular flexibility index (Phi) is 4.60. The van der Waals surface area contributed by atoms with E-state index in [4.69, 9.17) is 0 Å². The standard InChI is InChI=1S/C15H17F3N6O/c1-23-14(25)3-2-13(22-23)24-6-4-10(5-7-24)21-12-8-11(15(16,17)18)19-9-20-12/h2-3,8-10H,4-7H2,1H3,(H,19,20,21). The number of nitrogens with zero attached hydrogens (tertiary/aromatic N) is 5. The smallest absolute Gasteiger partial charge is 0.367 e. The van der Waals surface area contributed by atoms with E-state index in [1.165, 1.54) is 10.7 Å². The average Bonchev–Trinajstić information content (AvgIpc) is 2.58. The topological polar surface area (TPSA) is 75.9 Å². The Labute approximate surface area is 141 Å². The number of aromatic nitrogens is 4. The van der Waals surface area contributed by atoms with E-state index in [0.29, 0.717) is 18.9 Å². The highest BCUT2D eigenvalue weighted by molar-refractivity contribution is 5.40. The molecule has 7 nitrogen and oxygen atoms in total. The van der Waals surface area contributed by atoms with Crippen LogP contribution in [-0.2, 0) is 13.2 Å². The molecule has 0 aliphatic carbocycles. The molecule has 1 fully saturated rings. The molecular weight excluding hydrogens is 337 g/mol. The van der Waals surface area contributed by atoms with Crippen LogP contribution in [-0.4, -0.2) is 38.9 Å². The average molecular weight is 354 g/mol. The summed E-state index contributed by atoms with van der Waals surface area (Å²) in [6, 6.07) is 4.07. The van der Waals surface area contributed by atoms with Crippen molar-refractivity contribution >= 4 is 11.6 Å². The maximum Gasteiger partial charge on any atom is 0.433 e. The van der Waals surface area contributed by atoms with Crippen LogP contribution in [0, 0.1) is 0 Å². The normalized spacial score (nSPS) is 16.1. The fraction of sp³-hybridized carbons (Fsp3) is 0.467. The zero-order valence-electron chi connectivity index (χ0n) is 13.5. The first-order valence-electron chi connectivity index (χ1n) is 7.78. The van der Waals surface area contributed by atoms with E-state index in [2.05, 4.69) is 20.4 Å². The number of hydrogen-bond acceptors (Lipinski definition) is 6. The number of alkyl halides is 3. The summed E-state index contributed by atoms with van der Waals surface area (Å²) in [6.45, 7) is 1.36. The van der Waals surface area contributed by atoms with E-state index in [0.717, 1.165) is 25.2 Å². The maximum absolute atomic E-state index is 12.7. The van der Waals surface area contributed by atoms with E-state index in [1.54, 1.807) is 13.1 Å². The Balaban J connectivity index is 1.61. The van der Waals surface area contributed by atoms with Crippen LogP contribution in [0.25, 0.3) is 0 Å². The summed E-state index contributed by atoms with van der Waals surface area (Å²) in [6.07, 6.45) is -2.14. The van der Waals surface area contributed by atoms with Gasteiger partial charge in [-0.05, 0) is 18.9 Å². The van der Waals surface area contributed by atoms with Gasteiger partial charge in [-0.2, -0.15) is 18.3 Å². The molecule has 0 amide bonds. The van der Waals surface area contributed by atoms with Gasteiger partial charge in [-0.15, -0.1) is 0 Å². The lowest BCUT2D eigenvalue weighted by Crippen LogP contribution is -2.40. The maximum atomic E-state index is 12.7. The first-order chi connectivity index (χ1) is 11.8. The van der Waals surface area contributed by atoms with Crippen LogP contribution in [0.1, 0.15) is 18.5 Å². The van der Waals surface area contributed by atoms with Crippen LogP contribution in [0.4, 0.5) is 24.8 Å². The summed E-state index contributed by atoms with van der Waals surface area (Å²) in [7, 11) is 1.59. The lowest BCUT2D eigenvalue weighted by atomic mass is 10.1. The summed E-state index contributed by atoms with van der Waals surface area (Å²) >= 11 is 0. The Morgan fingerprint density at radius 3 is 2.56 bits per heavy atom. The lowest BCUT2D eigenvalue weighted by Gasteiger charge is -2.33. The van der Waals surface area contributed by atoms with Crippen molar-refractivity contribution in [3.63, 3.8) is 0 Å². The van der Waals surface area contributed by atoms with Gasteiger partial charge in [0.25, 0.3) is 5.56 Å². The quantitative estimate of drug-likeness (QED) is 0.904. The fourth-order valence-corrected chi connectivity index (χ4v) is 2.71. The summed E-state index contributed by atoms with van der Waals surface area (Å²) in [5, 5.41) is 7.24. The highest BCUT2D eigenvalue weighted by atomic mass is 19.4. The minimum atomic E-state index is -4.49. The van der Waals surface area contributed by atoms with E-state index in [1.807, 2.05) is 4.90 Å². The summed E-state index contributed by atoms with van der Waals surface area (Å²) in [5.74, 6) is 0.878. The Morgan fingerprint density at radius 2 is 1.92 bits per heavy atom. The van der Waals surface area contributed by atoms with E-state index < -0.39 is 11.9 Å². The third-order valence-corrected chi connectivity index (χ3v) is 4.07. The minimum Gasteiger partial charge on any atom is -0.367 e. The van der Waals surface area contributed by atoms with Crippen molar-refractivity contribution in [3.05, 3.63) is 40.6 Å². The summed E-state index contributed by atoms with van der Waals surface area (Å²) in [4.78, 5) is 20.5. The second kappa shape index (κ2) is 6.69. The molecule has 2 aromatic heterocycles. The minimum absolute atomic E-state index is 0.0137. The number of aryl methyl sites for hydroxylation is 1. The number of anilines is 2. The van der Waals surface area contributed by atoms with Crippen LogP contribution in [0.5, 0.6) is 0 Å². The number of piperidine rings is 1. The second-order valence-corrected chi connectivity index (χ2v) is 5.85. The first kappa shape index (κ1) is 17.2. The van der Waals surface area contributed by atoms with Gasteiger partial charge >= 0.3 is 6.18 Å². The monoisotopic (exact) mass is 354 g/mol. The zero-order valence-corrected chi connectivity index (χ0v) is 13.5. The van der Waals surface area contributed by atoms with Gasteiger partial charge in [0, 0.05) is 38.3 Å². The molecule has 134 valence electrons. The number of nitrogens with one attached hydrogen (secondary N) is 1. The van der Waals surface area contributed by atoms with Crippen molar-refractivity contribution in [2.75, 3.05) is 23.3 Å². The van der Waals surface area contributed by atoms with Crippen molar-refractivity contribution in [2.24, 2.45) is 7.05 Å². The van der Waals surface area contributed by atoms with Crippen LogP contribution >= 0.6 is 0 Å². The molecule has 0 atom stereocenters. The molecule has 1 aliphatic heterocycles. The summed E-state index contributed by atoms with van der Waals surface area (Å²) in [5.41, 5.74) is -1.14. The van der Waals surface area contributed by atoms with Gasteiger partial charge < -0.3 is 10.2 Å². The van der Waals surface area contributed by atoms with Crippen LogP contribution < -0.4 is 15.8 Å². The van der Waals surface area contributed by atoms with Crippen molar-refractivity contribution in [1.82, 2.24) is 19.7 Å². The molecular formula is C15H17F3N6O. The molecule has 0 aromatic carbocycles. The van der Waals surface area contributed by atoms with E-state index in [-0.39, 0.29) is 17.4 Å². The van der Waals surface area contributed by atoms with Crippen LogP contribution in [0.3, 0.4) is 0 Å². The van der Waals surface area contributed by atoms with Gasteiger partial charge in [0.05, 0.1) is 0 Å². The zero-order chi connectivity index (χ0) is 18.0. The van der Waals surface area contributed by atoms with Gasteiger partial charge in [0.1, 0.15) is 23.7 Å². The third-order valence-electron chi connectivity index (χ3n) is 4.07. The van der Waals surface area contributed by atoms with Crippen molar-refractivity contribution in [3.8, 4) is 0 Å². The predicted octanol–water partition coefficient (Wildman–Crippen LogP) is 1.67. The Hall–Kier alpha value is -2.65. The molecule has 2 aromatic rings. The van der Waals surface area contributed by atoms with Crippen molar-refractivity contribution in [2.45, 2.75) is 25.1 Å². The molecule has 1 aliphatic rings. The summed E-state index contributed by atoms with van der Waals surface area (Å²) < 4.78 is 39.3. The Morgan fingerprint density at radius 1 is 1.20 bits per heavy atom. The third kappa shape index (κ3) is 4.06. The molecule has 25 heavy (non-hydrogen) atoms. The second-order valence-electron chi connectivity index (χ2n) is 5.85. The predicted molar refractivity (Wildman–Crippen MR) is 85.4 cm³/mol. The van der Waals surface area contributed by atoms with E-state index in [9.17, 15) is 18.0 Å². The lowest BCUT2D eigenvalue weighted by molar-refractivity contribution is -0.141. The fourth-order valence-electron chi connectivity index (χ4n) is 2.71. The molecule has 3 heterocycles. The number of rotatable bonds is 3. The molecule has 0 spiro atoms. The Bertz CT molecular complexity index is 798. The molecule has 1 N–H and O–H groups in total. The molecule has 0 unspecified atom stereocenters. The van der Waals surface area contributed by atoms with Gasteiger partial charge in [0.15, 0.2) is 0 Å². The molecule has 1 saturated heterocycles. The highest BCUT2D eigenvalue weighted by Crippen LogP contribution is 2.28. The largest absolute Gasteiger partial charge is 0.433 e. The first-order valence-corrected chi connectivity index (χ1v) is 7.78. The SMILES string of the molecule is Cn1nc(N2CCC(Nc3cc(C(F)(F)F)ncn3)CC2)ccc1=O. The van der Waals surface area contributed by atoms with Gasteiger partial charge in [-0.1, -0.05) is 0 Å². The number of hydrogen-bond donors (Lipinski definition) is 1. The molecule has 0 radical (unpaired) electrons. The van der Waals surface area contributed by atoms with Crippen LogP contribution in [0.15, 0.2) is 29.3 Å². The molecule has 10 heteroatoms. The molecule has 0 saturated carbocycles. The van der Waals surface area contributed by atoms with Crippen molar-refractivity contribution < 1.29 is 13.2 Å². The van der Waals surface area contributed by atoms with E-state index >= 15 is 0 Å².